The summed E-state index contributed by atoms with van der Waals surface area (Å²) >= 11 is 0. The van der Waals surface area contributed by atoms with Crippen molar-refractivity contribution in [1.29, 1.82) is 0 Å². The number of rotatable bonds is 11. The Morgan fingerprint density at radius 1 is 1.03 bits per heavy atom. The quantitative estimate of drug-likeness (QED) is 0.405. The van der Waals surface area contributed by atoms with E-state index in [9.17, 15) is 14.9 Å². The van der Waals surface area contributed by atoms with Crippen LogP contribution in [0.5, 0.6) is 0 Å². The average Bonchev–Trinajstić information content (AvgIpc) is 2.75. The largest absolute Gasteiger partial charge is 0.332 e. The number of nitro groups is 1. The van der Waals surface area contributed by atoms with Gasteiger partial charge in [-0.15, -0.1) is 0 Å². The summed E-state index contributed by atoms with van der Waals surface area (Å²) in [6.45, 7) is 9.90. The van der Waals surface area contributed by atoms with Gasteiger partial charge in [-0.2, -0.15) is 0 Å². The van der Waals surface area contributed by atoms with Crippen molar-refractivity contribution >= 4 is 11.6 Å². The second kappa shape index (κ2) is 11.3. The number of amides is 1. The fourth-order valence-electron chi connectivity index (χ4n) is 3.40. The van der Waals surface area contributed by atoms with Gasteiger partial charge < -0.3 is 9.80 Å². The molecule has 0 radical (unpaired) electrons. The van der Waals surface area contributed by atoms with Crippen LogP contribution in [0.3, 0.4) is 0 Å². The van der Waals surface area contributed by atoms with Crippen LogP contribution < -0.4 is 0 Å². The molecule has 0 aliphatic heterocycles. The van der Waals surface area contributed by atoms with Crippen molar-refractivity contribution in [3.63, 3.8) is 0 Å². The zero-order valence-electron chi connectivity index (χ0n) is 17.6. The fraction of sp³-hybridized carbons (Fsp3) is 0.435. The molecular weight excluding hydrogens is 366 g/mol. The van der Waals surface area contributed by atoms with Crippen LogP contribution in [0.15, 0.2) is 54.6 Å². The lowest BCUT2D eigenvalue weighted by Gasteiger charge is -2.30. The predicted molar refractivity (Wildman–Crippen MR) is 116 cm³/mol. The Morgan fingerprint density at radius 2 is 1.66 bits per heavy atom. The van der Waals surface area contributed by atoms with E-state index in [2.05, 4.69) is 25.7 Å². The van der Waals surface area contributed by atoms with Crippen LogP contribution in [0.4, 0.5) is 5.69 Å². The molecule has 6 heteroatoms. The normalized spacial score (nSPS) is 12.0. The van der Waals surface area contributed by atoms with Gasteiger partial charge in [-0.25, -0.2) is 0 Å². The number of hydrogen-bond acceptors (Lipinski definition) is 4. The molecule has 1 unspecified atom stereocenters. The van der Waals surface area contributed by atoms with E-state index in [4.69, 9.17) is 0 Å². The number of non-ortho nitro benzene ring substituents is 1. The van der Waals surface area contributed by atoms with Gasteiger partial charge in [-0.1, -0.05) is 44.2 Å². The molecule has 0 bridgehead atoms. The van der Waals surface area contributed by atoms with Gasteiger partial charge in [0.25, 0.3) is 11.6 Å². The maximum atomic E-state index is 13.2. The minimum atomic E-state index is -0.410. The average molecular weight is 398 g/mol. The van der Waals surface area contributed by atoms with Crippen molar-refractivity contribution in [3.05, 3.63) is 75.8 Å². The topological polar surface area (TPSA) is 66.7 Å². The lowest BCUT2D eigenvalue weighted by Crippen LogP contribution is -2.38. The monoisotopic (exact) mass is 397 g/mol. The maximum absolute atomic E-state index is 13.2. The standard InChI is InChI=1S/C23H31N3O3/c1-4-24(5-2)17-9-10-19(3)25(23(27)21-11-7-6-8-12-21)18-20-13-15-22(16-14-20)26(28)29/h6-8,11-16,19H,4-5,9-10,17-18H2,1-3H3. The summed E-state index contributed by atoms with van der Waals surface area (Å²) in [6.07, 6.45) is 1.92. The minimum absolute atomic E-state index is 0.0145. The first-order valence-electron chi connectivity index (χ1n) is 10.3. The third-order valence-corrected chi connectivity index (χ3v) is 5.30. The number of carbonyl (C=O) groups is 1. The Morgan fingerprint density at radius 3 is 2.21 bits per heavy atom. The van der Waals surface area contributed by atoms with Gasteiger partial charge in [0, 0.05) is 30.3 Å². The molecule has 0 saturated heterocycles. The van der Waals surface area contributed by atoms with E-state index in [0.29, 0.717) is 12.1 Å². The minimum Gasteiger partial charge on any atom is -0.332 e. The van der Waals surface area contributed by atoms with Crippen LogP contribution in [0.25, 0.3) is 0 Å². The van der Waals surface area contributed by atoms with E-state index in [0.717, 1.165) is 38.0 Å². The number of nitro benzene ring substituents is 1. The Bertz CT molecular complexity index is 774. The Kier molecular flexibility index (Phi) is 8.80. The van der Waals surface area contributed by atoms with Crippen molar-refractivity contribution in [2.45, 2.75) is 46.2 Å². The molecule has 1 atom stereocenters. The summed E-state index contributed by atoms with van der Waals surface area (Å²) < 4.78 is 0. The van der Waals surface area contributed by atoms with Crippen molar-refractivity contribution in [2.75, 3.05) is 19.6 Å². The van der Waals surface area contributed by atoms with Gasteiger partial charge in [-0.05, 0) is 57.1 Å². The molecule has 0 saturated carbocycles. The third-order valence-electron chi connectivity index (χ3n) is 5.30. The molecule has 2 aromatic carbocycles. The maximum Gasteiger partial charge on any atom is 0.269 e. The highest BCUT2D eigenvalue weighted by Crippen LogP contribution is 2.19. The molecule has 1 amide bonds. The van der Waals surface area contributed by atoms with Crippen molar-refractivity contribution in [2.24, 2.45) is 0 Å². The zero-order valence-corrected chi connectivity index (χ0v) is 17.6. The molecule has 0 aromatic heterocycles. The third kappa shape index (κ3) is 6.68. The predicted octanol–water partition coefficient (Wildman–Crippen LogP) is 4.75. The first-order valence-corrected chi connectivity index (χ1v) is 10.3. The van der Waals surface area contributed by atoms with Crippen molar-refractivity contribution in [3.8, 4) is 0 Å². The highest BCUT2D eigenvalue weighted by molar-refractivity contribution is 5.94. The van der Waals surface area contributed by atoms with Gasteiger partial charge in [0.1, 0.15) is 0 Å². The number of benzene rings is 2. The number of nitrogens with zero attached hydrogens (tertiary/aromatic N) is 3. The first kappa shape index (κ1) is 22.6. The van der Waals surface area contributed by atoms with Gasteiger partial charge in [0.2, 0.25) is 0 Å². The number of carbonyl (C=O) groups excluding carboxylic acids is 1. The summed E-state index contributed by atoms with van der Waals surface area (Å²) in [5, 5.41) is 10.9. The molecule has 0 aliphatic rings. The molecule has 0 spiro atoms. The zero-order chi connectivity index (χ0) is 21.2. The second-order valence-electron chi connectivity index (χ2n) is 7.24. The molecule has 6 nitrogen and oxygen atoms in total. The molecule has 0 fully saturated rings. The molecule has 2 rings (SSSR count). The summed E-state index contributed by atoms with van der Waals surface area (Å²) in [6, 6.07) is 15.8. The molecule has 156 valence electrons. The van der Waals surface area contributed by atoms with Gasteiger partial charge in [-0.3, -0.25) is 14.9 Å². The van der Waals surface area contributed by atoms with E-state index in [1.54, 1.807) is 12.1 Å². The molecule has 0 heterocycles. The highest BCUT2D eigenvalue weighted by Gasteiger charge is 2.22. The van der Waals surface area contributed by atoms with Crippen molar-refractivity contribution < 1.29 is 9.72 Å². The van der Waals surface area contributed by atoms with E-state index in [1.165, 1.54) is 12.1 Å². The summed E-state index contributed by atoms with van der Waals surface area (Å²) in [7, 11) is 0. The van der Waals surface area contributed by atoms with Crippen LogP contribution in [0.1, 0.15) is 49.5 Å². The van der Waals surface area contributed by atoms with Crippen LogP contribution in [-0.4, -0.2) is 46.3 Å². The lowest BCUT2D eigenvalue weighted by molar-refractivity contribution is -0.384. The summed E-state index contributed by atoms with van der Waals surface area (Å²) in [5.74, 6) is -0.0145. The van der Waals surface area contributed by atoms with E-state index in [-0.39, 0.29) is 17.6 Å². The Labute approximate surface area is 173 Å². The first-order chi connectivity index (χ1) is 14.0. The van der Waals surface area contributed by atoms with Gasteiger partial charge >= 0.3 is 0 Å². The number of hydrogen-bond donors (Lipinski definition) is 0. The van der Waals surface area contributed by atoms with Crippen molar-refractivity contribution in [1.82, 2.24) is 9.80 Å². The van der Waals surface area contributed by atoms with E-state index in [1.807, 2.05) is 35.2 Å². The van der Waals surface area contributed by atoms with Crippen LogP contribution in [-0.2, 0) is 6.54 Å². The molecule has 0 aliphatic carbocycles. The van der Waals surface area contributed by atoms with Crippen LogP contribution in [0.2, 0.25) is 0 Å². The molecule has 2 aromatic rings. The van der Waals surface area contributed by atoms with Gasteiger partial charge in [0.15, 0.2) is 0 Å². The summed E-state index contributed by atoms with van der Waals surface area (Å²) in [4.78, 5) is 27.9. The fourth-order valence-corrected chi connectivity index (χ4v) is 3.40. The highest BCUT2D eigenvalue weighted by atomic mass is 16.6. The summed E-state index contributed by atoms with van der Waals surface area (Å²) in [5.41, 5.74) is 1.60. The second-order valence-corrected chi connectivity index (χ2v) is 7.24. The van der Waals surface area contributed by atoms with E-state index < -0.39 is 4.92 Å². The van der Waals surface area contributed by atoms with E-state index >= 15 is 0 Å². The van der Waals surface area contributed by atoms with Crippen LogP contribution in [0, 0.1) is 10.1 Å². The smallest absolute Gasteiger partial charge is 0.269 e. The van der Waals surface area contributed by atoms with Crippen LogP contribution >= 0.6 is 0 Å². The SMILES string of the molecule is CCN(CC)CCCC(C)N(Cc1ccc([N+](=O)[O-])cc1)C(=O)c1ccccc1. The molecule has 0 N–H and O–H groups in total. The lowest BCUT2D eigenvalue weighted by atomic mass is 10.1. The Balaban J connectivity index is 2.14. The van der Waals surface area contributed by atoms with Gasteiger partial charge in [0.05, 0.1) is 4.92 Å². The Hall–Kier alpha value is -2.73. The molecular formula is C23H31N3O3. The molecule has 29 heavy (non-hydrogen) atoms.